The van der Waals surface area contributed by atoms with E-state index in [2.05, 4.69) is 0 Å². The molecule has 0 saturated heterocycles. The van der Waals surface area contributed by atoms with Gasteiger partial charge in [0.25, 0.3) is 5.69 Å². The van der Waals surface area contributed by atoms with Gasteiger partial charge in [-0.15, -0.1) is 0 Å². The molecule has 2 N–H and O–H groups in total. The van der Waals surface area contributed by atoms with Crippen LogP contribution in [0.3, 0.4) is 0 Å². The highest BCUT2D eigenvalue weighted by Gasteiger charge is 2.22. The van der Waals surface area contributed by atoms with Crippen molar-refractivity contribution >= 4 is 5.69 Å². The van der Waals surface area contributed by atoms with Gasteiger partial charge in [-0.3, -0.25) is 10.1 Å². The molecule has 0 bridgehead atoms. The van der Waals surface area contributed by atoms with Gasteiger partial charge < -0.3 is 15.2 Å². The van der Waals surface area contributed by atoms with Gasteiger partial charge in [-0.05, 0) is 31.7 Å². The molecule has 0 spiro atoms. The molecule has 0 heterocycles. The van der Waals surface area contributed by atoms with Crippen molar-refractivity contribution in [3.8, 4) is 11.5 Å². The van der Waals surface area contributed by atoms with E-state index in [1.54, 1.807) is 6.07 Å². The van der Waals surface area contributed by atoms with E-state index in [0.29, 0.717) is 17.1 Å². The average Bonchev–Trinajstić information content (AvgIpc) is 2.47. The summed E-state index contributed by atoms with van der Waals surface area (Å²) < 4.78 is 11.2. The summed E-state index contributed by atoms with van der Waals surface area (Å²) in [7, 11) is 1.52. The molecule has 1 fully saturated rings. The lowest BCUT2D eigenvalue weighted by Gasteiger charge is -2.24. The van der Waals surface area contributed by atoms with Crippen molar-refractivity contribution < 1.29 is 14.4 Å². The molecule has 20 heavy (non-hydrogen) atoms. The van der Waals surface area contributed by atoms with Crippen LogP contribution in [-0.4, -0.2) is 18.1 Å². The molecular formula is C14H20N2O4. The standard InChI is InChI=1S/C14H20N2O4/c1-19-13-7-10(9-15)12(16(17)18)8-14(13)20-11-5-3-2-4-6-11/h7-8,11H,2-6,9,15H2,1H3. The predicted molar refractivity (Wildman–Crippen MR) is 75.0 cm³/mol. The van der Waals surface area contributed by atoms with Crippen LogP contribution >= 0.6 is 0 Å². The zero-order valence-corrected chi connectivity index (χ0v) is 11.6. The first-order valence-electron chi connectivity index (χ1n) is 6.87. The summed E-state index contributed by atoms with van der Waals surface area (Å²) in [5, 5.41) is 11.1. The maximum atomic E-state index is 11.1. The Morgan fingerprint density at radius 3 is 2.55 bits per heavy atom. The van der Waals surface area contributed by atoms with E-state index < -0.39 is 4.92 Å². The van der Waals surface area contributed by atoms with Gasteiger partial charge in [0.15, 0.2) is 11.5 Å². The summed E-state index contributed by atoms with van der Waals surface area (Å²) in [5.74, 6) is 0.935. The van der Waals surface area contributed by atoms with Crippen molar-refractivity contribution in [1.82, 2.24) is 0 Å². The lowest BCUT2D eigenvalue weighted by Crippen LogP contribution is -2.20. The molecule has 0 amide bonds. The quantitative estimate of drug-likeness (QED) is 0.662. The Balaban J connectivity index is 2.29. The van der Waals surface area contributed by atoms with Crippen LogP contribution in [0.2, 0.25) is 0 Å². The molecular weight excluding hydrogens is 260 g/mol. The van der Waals surface area contributed by atoms with E-state index in [4.69, 9.17) is 15.2 Å². The van der Waals surface area contributed by atoms with Crippen molar-refractivity contribution in [3.05, 3.63) is 27.8 Å². The second kappa shape index (κ2) is 6.56. The molecule has 0 radical (unpaired) electrons. The van der Waals surface area contributed by atoms with E-state index in [1.807, 2.05) is 0 Å². The van der Waals surface area contributed by atoms with E-state index in [0.717, 1.165) is 25.7 Å². The molecule has 6 heteroatoms. The highest BCUT2D eigenvalue weighted by Crippen LogP contribution is 2.36. The summed E-state index contributed by atoms with van der Waals surface area (Å²) >= 11 is 0. The minimum Gasteiger partial charge on any atom is -0.493 e. The van der Waals surface area contributed by atoms with Crippen LogP contribution in [0.4, 0.5) is 5.69 Å². The van der Waals surface area contributed by atoms with Gasteiger partial charge >= 0.3 is 0 Å². The number of ether oxygens (including phenoxy) is 2. The molecule has 0 aliphatic heterocycles. The Morgan fingerprint density at radius 1 is 1.30 bits per heavy atom. The molecule has 0 atom stereocenters. The van der Waals surface area contributed by atoms with Crippen molar-refractivity contribution in [2.75, 3.05) is 7.11 Å². The van der Waals surface area contributed by atoms with Crippen LogP contribution in [0, 0.1) is 10.1 Å². The second-order valence-electron chi connectivity index (χ2n) is 4.97. The van der Waals surface area contributed by atoms with E-state index in [-0.39, 0.29) is 18.3 Å². The van der Waals surface area contributed by atoms with Crippen molar-refractivity contribution in [3.63, 3.8) is 0 Å². The molecule has 0 aromatic heterocycles. The van der Waals surface area contributed by atoms with Crippen LogP contribution in [0.5, 0.6) is 11.5 Å². The zero-order valence-electron chi connectivity index (χ0n) is 11.6. The minimum absolute atomic E-state index is 0.0147. The van der Waals surface area contributed by atoms with Crippen LogP contribution in [0.15, 0.2) is 12.1 Å². The topological polar surface area (TPSA) is 87.6 Å². The number of nitro benzene ring substituents is 1. The molecule has 1 aliphatic carbocycles. The molecule has 1 aromatic carbocycles. The summed E-state index contributed by atoms with van der Waals surface area (Å²) in [6, 6.07) is 3.02. The normalized spacial score (nSPS) is 15.9. The van der Waals surface area contributed by atoms with Gasteiger partial charge in [0, 0.05) is 12.1 Å². The SMILES string of the molecule is COc1cc(CN)c([N+](=O)[O-])cc1OC1CCCCC1. The second-order valence-corrected chi connectivity index (χ2v) is 4.97. The molecule has 110 valence electrons. The molecule has 1 aromatic rings. The van der Waals surface area contributed by atoms with E-state index in [9.17, 15) is 10.1 Å². The lowest BCUT2D eigenvalue weighted by molar-refractivity contribution is -0.385. The summed E-state index contributed by atoms with van der Waals surface area (Å²) in [6.45, 7) is 0.0936. The number of rotatable bonds is 5. The number of methoxy groups -OCH3 is 1. The fourth-order valence-corrected chi connectivity index (χ4v) is 2.54. The number of nitrogens with two attached hydrogens (primary N) is 1. The number of benzene rings is 1. The zero-order chi connectivity index (χ0) is 14.5. The first-order chi connectivity index (χ1) is 9.65. The van der Waals surface area contributed by atoms with Crippen LogP contribution in [0.25, 0.3) is 0 Å². The predicted octanol–water partition coefficient (Wildman–Crippen LogP) is 2.77. The van der Waals surface area contributed by atoms with Crippen molar-refractivity contribution in [1.29, 1.82) is 0 Å². The van der Waals surface area contributed by atoms with Crippen molar-refractivity contribution in [2.45, 2.75) is 44.8 Å². The first-order valence-corrected chi connectivity index (χ1v) is 6.87. The summed E-state index contributed by atoms with van der Waals surface area (Å²) in [6.07, 6.45) is 5.57. The minimum atomic E-state index is -0.435. The van der Waals surface area contributed by atoms with Gasteiger partial charge in [0.2, 0.25) is 0 Å². The third kappa shape index (κ3) is 3.19. The van der Waals surface area contributed by atoms with Crippen LogP contribution in [0.1, 0.15) is 37.7 Å². The van der Waals surface area contributed by atoms with Crippen molar-refractivity contribution in [2.24, 2.45) is 5.73 Å². The Hall–Kier alpha value is -1.82. The van der Waals surface area contributed by atoms with Crippen LogP contribution < -0.4 is 15.2 Å². The number of hydrogen-bond acceptors (Lipinski definition) is 5. The van der Waals surface area contributed by atoms with Gasteiger partial charge in [0.1, 0.15) is 0 Å². The summed E-state index contributed by atoms with van der Waals surface area (Å²) in [5.41, 5.74) is 5.98. The maximum absolute atomic E-state index is 11.1. The van der Waals surface area contributed by atoms with Gasteiger partial charge in [0.05, 0.1) is 24.2 Å². The number of nitrogens with zero attached hydrogens (tertiary/aromatic N) is 1. The fraction of sp³-hybridized carbons (Fsp3) is 0.571. The monoisotopic (exact) mass is 280 g/mol. The van der Waals surface area contributed by atoms with Gasteiger partial charge in [-0.2, -0.15) is 0 Å². The molecule has 1 aliphatic rings. The number of hydrogen-bond donors (Lipinski definition) is 1. The largest absolute Gasteiger partial charge is 0.493 e. The Kier molecular flexibility index (Phi) is 4.79. The Bertz CT molecular complexity index is 484. The number of nitro groups is 1. The smallest absolute Gasteiger partial charge is 0.277 e. The average molecular weight is 280 g/mol. The molecule has 0 unspecified atom stereocenters. The highest BCUT2D eigenvalue weighted by molar-refractivity contribution is 5.54. The highest BCUT2D eigenvalue weighted by atomic mass is 16.6. The maximum Gasteiger partial charge on any atom is 0.277 e. The Labute approximate surface area is 118 Å². The first kappa shape index (κ1) is 14.6. The molecule has 6 nitrogen and oxygen atoms in total. The van der Waals surface area contributed by atoms with Gasteiger partial charge in [-0.25, -0.2) is 0 Å². The van der Waals surface area contributed by atoms with E-state index in [1.165, 1.54) is 19.6 Å². The third-order valence-electron chi connectivity index (χ3n) is 3.63. The van der Waals surface area contributed by atoms with E-state index >= 15 is 0 Å². The molecule has 1 saturated carbocycles. The molecule has 2 rings (SSSR count). The summed E-state index contributed by atoms with van der Waals surface area (Å²) in [4.78, 5) is 10.6. The fourth-order valence-electron chi connectivity index (χ4n) is 2.54. The Morgan fingerprint density at radius 2 is 2.00 bits per heavy atom. The lowest BCUT2D eigenvalue weighted by atomic mass is 9.98. The third-order valence-corrected chi connectivity index (χ3v) is 3.63. The van der Waals surface area contributed by atoms with Gasteiger partial charge in [-0.1, -0.05) is 6.42 Å². The van der Waals surface area contributed by atoms with Crippen LogP contribution in [-0.2, 0) is 6.54 Å².